The van der Waals surface area contributed by atoms with Gasteiger partial charge in [-0.15, -0.1) is 11.3 Å². The van der Waals surface area contributed by atoms with Crippen LogP contribution in [0.4, 0.5) is 0 Å². The Morgan fingerprint density at radius 2 is 1.74 bits per heavy atom. The summed E-state index contributed by atoms with van der Waals surface area (Å²) < 4.78 is 21.8. The Morgan fingerprint density at radius 3 is 2.41 bits per heavy atom. The highest BCUT2D eigenvalue weighted by atomic mass is 32.1. The van der Waals surface area contributed by atoms with Gasteiger partial charge in [-0.1, -0.05) is 30.3 Å². The minimum atomic E-state index is -1.04. The van der Waals surface area contributed by atoms with Gasteiger partial charge in [-0.2, -0.15) is 0 Å². The molecule has 1 amide bonds. The van der Waals surface area contributed by atoms with Crippen LogP contribution in [0.2, 0.25) is 0 Å². The van der Waals surface area contributed by atoms with Gasteiger partial charge >= 0.3 is 5.97 Å². The van der Waals surface area contributed by atoms with Crippen LogP contribution in [0.1, 0.15) is 27.0 Å². The van der Waals surface area contributed by atoms with E-state index in [-0.39, 0.29) is 5.91 Å². The van der Waals surface area contributed by atoms with Gasteiger partial charge in [0.1, 0.15) is 9.88 Å². The summed E-state index contributed by atoms with van der Waals surface area (Å²) in [6, 6.07) is 14.5. The molecular weight excluding hydrogens is 456 g/mol. The number of benzene rings is 2. The zero-order valence-corrected chi connectivity index (χ0v) is 20.1. The number of aryl methyl sites for hydroxylation is 1. The molecule has 1 saturated heterocycles. The van der Waals surface area contributed by atoms with Crippen LogP contribution >= 0.6 is 11.3 Å². The van der Waals surface area contributed by atoms with Crippen molar-refractivity contribution in [1.29, 1.82) is 0 Å². The number of nitrogens with zero attached hydrogens (tertiary/aromatic N) is 2. The largest absolute Gasteiger partial charge is 0.493 e. The topological polar surface area (TPSA) is 87.2 Å². The Balaban J connectivity index is 1.60. The Labute approximate surface area is 202 Å². The summed E-state index contributed by atoms with van der Waals surface area (Å²) in [6.07, 6.45) is -1.04. The SMILES string of the molecule is COc1ccc(-c2nc(C)c(C(=O)OC(C(=O)N3CCOCC3)c3ccccc3)s2)cc1OC. The second-order valence-corrected chi connectivity index (χ2v) is 8.64. The smallest absolute Gasteiger partial charge is 0.351 e. The number of methoxy groups -OCH3 is 2. The van der Waals surface area contributed by atoms with Crippen LogP contribution in [0.3, 0.4) is 0 Å². The van der Waals surface area contributed by atoms with E-state index >= 15 is 0 Å². The predicted molar refractivity (Wildman–Crippen MR) is 127 cm³/mol. The molecule has 2 aromatic carbocycles. The molecule has 1 unspecified atom stereocenters. The zero-order chi connectivity index (χ0) is 24.1. The Morgan fingerprint density at radius 1 is 1.03 bits per heavy atom. The normalized spacial score (nSPS) is 14.4. The lowest BCUT2D eigenvalue weighted by Crippen LogP contribution is -2.44. The first-order valence-electron chi connectivity index (χ1n) is 10.8. The molecule has 1 aromatic heterocycles. The first-order chi connectivity index (χ1) is 16.5. The van der Waals surface area contributed by atoms with E-state index in [2.05, 4.69) is 4.98 Å². The van der Waals surface area contributed by atoms with Gasteiger partial charge in [0.2, 0.25) is 6.10 Å². The molecule has 2 heterocycles. The molecule has 1 fully saturated rings. The second kappa shape index (κ2) is 10.7. The van der Waals surface area contributed by atoms with Gasteiger partial charge < -0.3 is 23.8 Å². The van der Waals surface area contributed by atoms with E-state index in [9.17, 15) is 9.59 Å². The molecule has 1 atom stereocenters. The van der Waals surface area contributed by atoms with Crippen molar-refractivity contribution in [2.24, 2.45) is 0 Å². The molecule has 0 N–H and O–H groups in total. The molecule has 0 aliphatic carbocycles. The molecule has 4 rings (SSSR count). The number of amides is 1. The number of carbonyl (C=O) groups excluding carboxylic acids is 2. The number of hydrogen-bond donors (Lipinski definition) is 0. The van der Waals surface area contributed by atoms with Crippen LogP contribution in [0.5, 0.6) is 11.5 Å². The van der Waals surface area contributed by atoms with Crippen LogP contribution in [-0.2, 0) is 14.3 Å². The Kier molecular flexibility index (Phi) is 7.44. The highest BCUT2D eigenvalue weighted by Gasteiger charge is 2.32. The summed E-state index contributed by atoms with van der Waals surface area (Å²) in [5, 5.41) is 0.640. The van der Waals surface area contributed by atoms with Gasteiger partial charge in [0.25, 0.3) is 5.91 Å². The molecule has 1 aliphatic heterocycles. The maximum atomic E-state index is 13.3. The van der Waals surface area contributed by atoms with Crippen LogP contribution in [0, 0.1) is 6.92 Å². The van der Waals surface area contributed by atoms with Crippen molar-refractivity contribution in [2.45, 2.75) is 13.0 Å². The minimum Gasteiger partial charge on any atom is -0.493 e. The van der Waals surface area contributed by atoms with Crippen molar-refractivity contribution < 1.29 is 28.5 Å². The molecule has 178 valence electrons. The van der Waals surface area contributed by atoms with Gasteiger partial charge in [0.05, 0.1) is 33.1 Å². The quantitative estimate of drug-likeness (QED) is 0.472. The number of hydrogen-bond acceptors (Lipinski definition) is 8. The number of aromatic nitrogens is 1. The molecule has 3 aromatic rings. The Bertz CT molecular complexity index is 1160. The first kappa shape index (κ1) is 23.7. The van der Waals surface area contributed by atoms with Gasteiger partial charge in [0, 0.05) is 24.2 Å². The third kappa shape index (κ3) is 5.05. The fraction of sp³-hybridized carbons (Fsp3) is 0.320. The van der Waals surface area contributed by atoms with E-state index in [1.54, 1.807) is 50.3 Å². The lowest BCUT2D eigenvalue weighted by Gasteiger charge is -2.30. The van der Waals surface area contributed by atoms with Crippen molar-refractivity contribution >= 4 is 23.2 Å². The van der Waals surface area contributed by atoms with Crippen LogP contribution < -0.4 is 9.47 Å². The minimum absolute atomic E-state index is 0.259. The number of ether oxygens (including phenoxy) is 4. The number of rotatable bonds is 7. The monoisotopic (exact) mass is 482 g/mol. The molecule has 0 saturated carbocycles. The van der Waals surface area contributed by atoms with E-state index < -0.39 is 12.1 Å². The number of esters is 1. The molecule has 8 nitrogen and oxygen atoms in total. The van der Waals surface area contributed by atoms with E-state index in [1.165, 1.54) is 11.3 Å². The van der Waals surface area contributed by atoms with E-state index in [4.69, 9.17) is 18.9 Å². The van der Waals surface area contributed by atoms with Gasteiger partial charge in [0.15, 0.2) is 11.5 Å². The van der Waals surface area contributed by atoms with Gasteiger partial charge in [-0.3, -0.25) is 4.79 Å². The molecule has 0 spiro atoms. The average Bonchev–Trinajstić information content (AvgIpc) is 3.29. The zero-order valence-electron chi connectivity index (χ0n) is 19.3. The summed E-state index contributed by atoms with van der Waals surface area (Å²) >= 11 is 1.21. The summed E-state index contributed by atoms with van der Waals surface area (Å²) in [7, 11) is 3.13. The Hall–Kier alpha value is -3.43. The molecule has 9 heteroatoms. The third-order valence-electron chi connectivity index (χ3n) is 5.49. The lowest BCUT2D eigenvalue weighted by atomic mass is 10.1. The summed E-state index contributed by atoms with van der Waals surface area (Å²) in [4.78, 5) is 33.1. The van der Waals surface area contributed by atoms with E-state index in [0.29, 0.717) is 58.9 Å². The fourth-order valence-corrected chi connectivity index (χ4v) is 4.62. The molecule has 0 bridgehead atoms. The molecule has 1 aliphatic rings. The summed E-state index contributed by atoms with van der Waals surface area (Å²) in [5.41, 5.74) is 1.94. The van der Waals surface area contributed by atoms with E-state index in [1.807, 2.05) is 24.3 Å². The van der Waals surface area contributed by atoms with Crippen LogP contribution in [-0.4, -0.2) is 62.3 Å². The summed E-state index contributed by atoms with van der Waals surface area (Å²) in [6.45, 7) is 3.60. The van der Waals surface area contributed by atoms with Crippen LogP contribution in [0.15, 0.2) is 48.5 Å². The fourth-order valence-electron chi connectivity index (χ4n) is 3.68. The van der Waals surface area contributed by atoms with Crippen LogP contribution in [0.25, 0.3) is 10.6 Å². The maximum absolute atomic E-state index is 13.3. The number of thiazole rings is 1. The highest BCUT2D eigenvalue weighted by Crippen LogP contribution is 2.35. The maximum Gasteiger partial charge on any atom is 0.351 e. The summed E-state index contributed by atoms with van der Waals surface area (Å²) in [5.74, 6) is 0.325. The number of morpholine rings is 1. The van der Waals surface area contributed by atoms with Crippen molar-refractivity contribution in [3.63, 3.8) is 0 Å². The first-order valence-corrected chi connectivity index (χ1v) is 11.7. The molecular formula is C25H26N2O6S. The van der Waals surface area contributed by atoms with Crippen molar-refractivity contribution in [3.8, 4) is 22.1 Å². The van der Waals surface area contributed by atoms with Crippen molar-refractivity contribution in [2.75, 3.05) is 40.5 Å². The molecule has 34 heavy (non-hydrogen) atoms. The second-order valence-electron chi connectivity index (χ2n) is 7.64. The average molecular weight is 483 g/mol. The highest BCUT2D eigenvalue weighted by molar-refractivity contribution is 7.17. The third-order valence-corrected chi connectivity index (χ3v) is 6.67. The van der Waals surface area contributed by atoms with Crippen molar-refractivity contribution in [1.82, 2.24) is 9.88 Å². The van der Waals surface area contributed by atoms with Crippen molar-refractivity contribution in [3.05, 3.63) is 64.7 Å². The number of carbonyl (C=O) groups is 2. The van der Waals surface area contributed by atoms with Gasteiger partial charge in [-0.25, -0.2) is 9.78 Å². The predicted octanol–water partition coefficient (Wildman–Crippen LogP) is 3.89. The van der Waals surface area contributed by atoms with Gasteiger partial charge in [-0.05, 0) is 25.1 Å². The van der Waals surface area contributed by atoms with E-state index in [0.717, 1.165) is 5.56 Å². The standard InChI is InChI=1S/C25H26N2O6S/c1-16-22(34-23(26-16)18-9-10-19(30-2)20(15-18)31-3)25(29)33-21(17-7-5-4-6-8-17)24(28)27-11-13-32-14-12-27/h4-10,15,21H,11-14H2,1-3H3. The molecule has 0 radical (unpaired) electrons. The lowest BCUT2D eigenvalue weighted by molar-refractivity contribution is -0.145.